The van der Waals surface area contributed by atoms with Gasteiger partial charge in [-0.05, 0) is 39.2 Å². The van der Waals surface area contributed by atoms with E-state index in [9.17, 15) is 0 Å². The highest BCUT2D eigenvalue weighted by Crippen LogP contribution is 2.36. The van der Waals surface area contributed by atoms with Crippen LogP contribution in [0.4, 0.5) is 0 Å². The topological polar surface area (TPSA) is 30.5 Å². The Morgan fingerprint density at radius 2 is 2.21 bits per heavy atom. The number of hydrogen-bond acceptors (Lipinski definition) is 3. The van der Waals surface area contributed by atoms with Crippen LogP contribution in [0.15, 0.2) is 18.2 Å². The van der Waals surface area contributed by atoms with Crippen LogP contribution >= 0.6 is 0 Å². The van der Waals surface area contributed by atoms with E-state index in [2.05, 4.69) is 37.4 Å². The van der Waals surface area contributed by atoms with Gasteiger partial charge in [0.25, 0.3) is 0 Å². The summed E-state index contributed by atoms with van der Waals surface area (Å²) < 4.78 is 11.4. The van der Waals surface area contributed by atoms with Crippen LogP contribution < -0.4 is 10.1 Å². The van der Waals surface area contributed by atoms with Gasteiger partial charge < -0.3 is 14.8 Å². The molecule has 1 aromatic rings. The zero-order valence-corrected chi connectivity index (χ0v) is 12.0. The quantitative estimate of drug-likeness (QED) is 0.904. The van der Waals surface area contributed by atoms with E-state index in [1.165, 1.54) is 24.0 Å². The van der Waals surface area contributed by atoms with Crippen LogP contribution in [0.25, 0.3) is 0 Å². The molecule has 0 amide bonds. The SMILES string of the molecule is COc1ccc(C)cc1C(C)NC1CC2CCC1O2. The van der Waals surface area contributed by atoms with E-state index in [1.54, 1.807) is 7.11 Å². The number of ether oxygens (including phenoxy) is 2. The summed E-state index contributed by atoms with van der Waals surface area (Å²) in [7, 11) is 1.74. The van der Waals surface area contributed by atoms with Gasteiger partial charge in [-0.3, -0.25) is 0 Å². The second-order valence-electron chi connectivity index (χ2n) is 5.85. The van der Waals surface area contributed by atoms with Gasteiger partial charge in [-0.15, -0.1) is 0 Å². The molecule has 2 aliphatic heterocycles. The molecule has 2 aliphatic rings. The van der Waals surface area contributed by atoms with Crippen LogP contribution in [0.3, 0.4) is 0 Å². The van der Waals surface area contributed by atoms with E-state index in [0.717, 1.165) is 12.2 Å². The molecule has 0 saturated carbocycles. The lowest BCUT2D eigenvalue weighted by Gasteiger charge is -2.26. The zero-order chi connectivity index (χ0) is 13.4. The van der Waals surface area contributed by atoms with Crippen molar-refractivity contribution in [2.75, 3.05) is 7.11 Å². The molecule has 4 atom stereocenters. The van der Waals surface area contributed by atoms with Crippen LogP contribution in [0.2, 0.25) is 0 Å². The number of aryl methyl sites for hydroxylation is 1. The number of benzene rings is 1. The Morgan fingerprint density at radius 3 is 2.84 bits per heavy atom. The monoisotopic (exact) mass is 261 g/mol. The van der Waals surface area contributed by atoms with Crippen molar-refractivity contribution in [1.82, 2.24) is 5.32 Å². The molecule has 4 unspecified atom stereocenters. The van der Waals surface area contributed by atoms with Crippen LogP contribution in [0.5, 0.6) is 5.75 Å². The van der Waals surface area contributed by atoms with E-state index in [-0.39, 0.29) is 0 Å². The highest BCUT2D eigenvalue weighted by molar-refractivity contribution is 5.39. The largest absolute Gasteiger partial charge is 0.496 e. The predicted molar refractivity (Wildman–Crippen MR) is 75.6 cm³/mol. The van der Waals surface area contributed by atoms with Crippen molar-refractivity contribution in [2.24, 2.45) is 0 Å². The van der Waals surface area contributed by atoms with Crippen LogP contribution in [0.1, 0.15) is 43.4 Å². The van der Waals surface area contributed by atoms with E-state index in [4.69, 9.17) is 9.47 Å². The van der Waals surface area contributed by atoms with Crippen molar-refractivity contribution < 1.29 is 9.47 Å². The standard InChI is InChI=1S/C16H23NO2/c1-10-4-6-15(18-3)13(8-10)11(2)17-14-9-12-5-7-16(14)19-12/h4,6,8,11-12,14,16-17H,5,7,9H2,1-3H3. The lowest BCUT2D eigenvalue weighted by Crippen LogP contribution is -2.39. The fourth-order valence-corrected chi connectivity index (χ4v) is 3.42. The third-order valence-electron chi connectivity index (χ3n) is 4.42. The normalized spacial score (nSPS) is 30.6. The van der Waals surface area contributed by atoms with Gasteiger partial charge in [-0.1, -0.05) is 17.7 Å². The summed E-state index contributed by atoms with van der Waals surface area (Å²) >= 11 is 0. The predicted octanol–water partition coefficient (Wildman–Crippen LogP) is 2.97. The van der Waals surface area contributed by atoms with Gasteiger partial charge in [-0.25, -0.2) is 0 Å². The van der Waals surface area contributed by atoms with Gasteiger partial charge in [0.15, 0.2) is 0 Å². The van der Waals surface area contributed by atoms with E-state index < -0.39 is 0 Å². The Balaban J connectivity index is 1.73. The molecule has 19 heavy (non-hydrogen) atoms. The van der Waals surface area contributed by atoms with Gasteiger partial charge in [0.1, 0.15) is 5.75 Å². The molecule has 1 aromatic carbocycles. The summed E-state index contributed by atoms with van der Waals surface area (Å²) in [5.74, 6) is 0.967. The number of fused-ring (bicyclic) bond motifs is 2. The van der Waals surface area contributed by atoms with Gasteiger partial charge >= 0.3 is 0 Å². The van der Waals surface area contributed by atoms with Crippen molar-refractivity contribution in [3.05, 3.63) is 29.3 Å². The molecule has 104 valence electrons. The minimum atomic E-state index is 0.294. The summed E-state index contributed by atoms with van der Waals surface area (Å²) in [5.41, 5.74) is 2.51. The maximum absolute atomic E-state index is 5.91. The molecule has 3 nitrogen and oxygen atoms in total. The lowest BCUT2D eigenvalue weighted by atomic mass is 9.94. The second kappa shape index (κ2) is 5.14. The molecule has 3 rings (SSSR count). The highest BCUT2D eigenvalue weighted by Gasteiger charge is 2.41. The third-order valence-corrected chi connectivity index (χ3v) is 4.42. The Morgan fingerprint density at radius 1 is 1.37 bits per heavy atom. The second-order valence-corrected chi connectivity index (χ2v) is 5.85. The molecule has 3 heteroatoms. The first-order valence-corrected chi connectivity index (χ1v) is 7.23. The summed E-state index contributed by atoms with van der Waals surface area (Å²) in [5, 5.41) is 3.72. The molecule has 2 fully saturated rings. The molecule has 2 saturated heterocycles. The zero-order valence-electron chi connectivity index (χ0n) is 12.0. The first-order chi connectivity index (χ1) is 9.17. The summed E-state index contributed by atoms with van der Waals surface area (Å²) in [6.07, 6.45) is 4.52. The van der Waals surface area contributed by atoms with Crippen LogP contribution in [-0.2, 0) is 4.74 Å². The molecular weight excluding hydrogens is 238 g/mol. The minimum Gasteiger partial charge on any atom is -0.496 e. The van der Waals surface area contributed by atoms with Gasteiger partial charge in [0.2, 0.25) is 0 Å². The van der Waals surface area contributed by atoms with E-state index in [0.29, 0.717) is 24.3 Å². The lowest BCUT2D eigenvalue weighted by molar-refractivity contribution is 0.0962. The fraction of sp³-hybridized carbons (Fsp3) is 0.625. The molecule has 0 aromatic heterocycles. The Hall–Kier alpha value is -1.06. The van der Waals surface area contributed by atoms with Crippen molar-refractivity contribution in [3.8, 4) is 5.75 Å². The smallest absolute Gasteiger partial charge is 0.123 e. The summed E-state index contributed by atoms with van der Waals surface area (Å²) in [6, 6.07) is 7.15. The van der Waals surface area contributed by atoms with E-state index >= 15 is 0 Å². The molecule has 0 spiro atoms. The van der Waals surface area contributed by atoms with Crippen LogP contribution in [0, 0.1) is 6.92 Å². The molecule has 2 bridgehead atoms. The average molecular weight is 261 g/mol. The summed E-state index contributed by atoms with van der Waals surface area (Å²) in [4.78, 5) is 0. The Labute approximate surface area is 115 Å². The van der Waals surface area contributed by atoms with Gasteiger partial charge in [0.05, 0.1) is 19.3 Å². The van der Waals surface area contributed by atoms with Crippen molar-refractivity contribution in [2.45, 2.75) is 57.4 Å². The molecule has 2 heterocycles. The first-order valence-electron chi connectivity index (χ1n) is 7.23. The van der Waals surface area contributed by atoms with Crippen LogP contribution in [-0.4, -0.2) is 25.4 Å². The molecule has 1 N–H and O–H groups in total. The van der Waals surface area contributed by atoms with Gasteiger partial charge in [0, 0.05) is 17.6 Å². The number of methoxy groups -OCH3 is 1. The first kappa shape index (κ1) is 12.9. The number of rotatable bonds is 4. The van der Waals surface area contributed by atoms with Crippen molar-refractivity contribution in [1.29, 1.82) is 0 Å². The molecular formula is C16H23NO2. The van der Waals surface area contributed by atoms with E-state index in [1.807, 2.05) is 0 Å². The number of hydrogen-bond donors (Lipinski definition) is 1. The Kier molecular flexibility index (Phi) is 3.50. The van der Waals surface area contributed by atoms with Gasteiger partial charge in [-0.2, -0.15) is 0 Å². The number of nitrogens with one attached hydrogen (secondary N) is 1. The Bertz CT molecular complexity index is 460. The maximum atomic E-state index is 5.91. The molecule has 0 radical (unpaired) electrons. The van der Waals surface area contributed by atoms with Crippen molar-refractivity contribution in [3.63, 3.8) is 0 Å². The highest BCUT2D eigenvalue weighted by atomic mass is 16.5. The maximum Gasteiger partial charge on any atom is 0.123 e. The average Bonchev–Trinajstić information content (AvgIpc) is 3.01. The molecule has 0 aliphatic carbocycles. The van der Waals surface area contributed by atoms with Crippen molar-refractivity contribution >= 4 is 0 Å². The summed E-state index contributed by atoms with van der Waals surface area (Å²) in [6.45, 7) is 4.33. The fourth-order valence-electron chi connectivity index (χ4n) is 3.42. The third kappa shape index (κ3) is 2.49. The minimum absolute atomic E-state index is 0.294.